The molecule has 0 radical (unpaired) electrons. The Morgan fingerprint density at radius 1 is 1.42 bits per heavy atom. The second-order valence-corrected chi connectivity index (χ2v) is 6.90. The van der Waals surface area contributed by atoms with Crippen molar-refractivity contribution in [1.82, 2.24) is 24.8 Å². The second-order valence-electron chi connectivity index (χ2n) is 5.96. The molecule has 0 amide bonds. The molecule has 0 aromatic carbocycles. The minimum atomic E-state index is 0.123. The van der Waals surface area contributed by atoms with Crippen LogP contribution in [0, 0.1) is 6.92 Å². The fraction of sp³-hybridized carbons (Fsp3) is 0.438. The minimum absolute atomic E-state index is 0.123. The van der Waals surface area contributed by atoms with Crippen molar-refractivity contribution in [3.8, 4) is 10.7 Å². The third kappa shape index (κ3) is 3.55. The molecule has 1 saturated heterocycles. The van der Waals surface area contributed by atoms with Gasteiger partial charge in [-0.05, 0) is 23.9 Å². The Kier molecular flexibility index (Phi) is 4.42. The zero-order chi connectivity index (χ0) is 16.4. The van der Waals surface area contributed by atoms with Crippen LogP contribution in [0.5, 0.6) is 0 Å². The number of aromatic nitrogens is 4. The lowest BCUT2D eigenvalue weighted by atomic mass is 10.2. The second kappa shape index (κ2) is 6.84. The Hall–Kier alpha value is -2.03. The highest BCUT2D eigenvalue weighted by Gasteiger charge is 2.23. The summed E-state index contributed by atoms with van der Waals surface area (Å²) in [6, 6.07) is 3.98. The van der Waals surface area contributed by atoms with Crippen molar-refractivity contribution in [3.63, 3.8) is 0 Å². The summed E-state index contributed by atoms with van der Waals surface area (Å²) in [5, 5.41) is 10.4. The molecule has 0 saturated carbocycles. The summed E-state index contributed by atoms with van der Waals surface area (Å²) in [5.74, 6) is 1.31. The quantitative estimate of drug-likeness (QED) is 0.706. The van der Waals surface area contributed by atoms with Crippen molar-refractivity contribution in [2.75, 3.05) is 19.7 Å². The first-order chi connectivity index (χ1) is 11.8. The highest BCUT2D eigenvalue weighted by molar-refractivity contribution is 7.13. The molecule has 0 aliphatic carbocycles. The summed E-state index contributed by atoms with van der Waals surface area (Å²) in [6.07, 6.45) is 4.02. The van der Waals surface area contributed by atoms with Gasteiger partial charge < -0.3 is 9.26 Å². The van der Waals surface area contributed by atoms with Gasteiger partial charge in [-0.1, -0.05) is 11.2 Å². The molecule has 1 atom stereocenters. The van der Waals surface area contributed by atoms with Crippen LogP contribution in [-0.4, -0.2) is 50.6 Å². The van der Waals surface area contributed by atoms with Crippen LogP contribution in [0.1, 0.15) is 11.5 Å². The maximum absolute atomic E-state index is 5.86. The molecular weight excluding hydrogens is 326 g/mol. The number of aryl methyl sites for hydroxylation is 1. The Morgan fingerprint density at radius 3 is 3.17 bits per heavy atom. The van der Waals surface area contributed by atoms with Crippen LogP contribution in [0.25, 0.3) is 10.7 Å². The van der Waals surface area contributed by atoms with Crippen LogP contribution < -0.4 is 0 Å². The van der Waals surface area contributed by atoms with Crippen LogP contribution in [0.2, 0.25) is 0 Å². The standard InChI is InChI=1S/C16H19N5O2S/c1-12-7-17-21(8-12)10-13-9-20(4-5-22-13)11-15-18-16(19-23-15)14-3-2-6-24-14/h2-3,6-8,13H,4-5,9-11H2,1H3/t13-/m0/s1. The van der Waals surface area contributed by atoms with Crippen molar-refractivity contribution in [2.24, 2.45) is 0 Å². The Bertz CT molecular complexity index is 782. The number of hydrogen-bond donors (Lipinski definition) is 0. The van der Waals surface area contributed by atoms with E-state index in [2.05, 4.69) is 20.1 Å². The maximum atomic E-state index is 5.86. The summed E-state index contributed by atoms with van der Waals surface area (Å²) >= 11 is 1.61. The van der Waals surface area contributed by atoms with E-state index in [0.717, 1.165) is 30.1 Å². The Balaban J connectivity index is 1.36. The third-order valence-electron chi connectivity index (χ3n) is 3.94. The number of rotatable bonds is 5. The molecule has 3 aromatic rings. The molecule has 4 heterocycles. The van der Waals surface area contributed by atoms with Crippen molar-refractivity contribution in [2.45, 2.75) is 26.1 Å². The lowest BCUT2D eigenvalue weighted by Crippen LogP contribution is -2.43. The molecule has 24 heavy (non-hydrogen) atoms. The summed E-state index contributed by atoms with van der Waals surface area (Å²) in [4.78, 5) is 7.81. The fourth-order valence-electron chi connectivity index (χ4n) is 2.83. The molecule has 126 valence electrons. The van der Waals surface area contributed by atoms with Gasteiger partial charge in [0.2, 0.25) is 11.7 Å². The SMILES string of the molecule is Cc1cnn(C[C@@H]2CN(Cc3nc(-c4cccs4)no3)CCO2)c1. The number of hydrogen-bond acceptors (Lipinski definition) is 7. The predicted octanol–water partition coefficient (Wildman–Crippen LogP) is 2.20. The van der Waals surface area contributed by atoms with Gasteiger partial charge in [0, 0.05) is 19.3 Å². The largest absolute Gasteiger partial charge is 0.374 e. The Morgan fingerprint density at radius 2 is 2.38 bits per heavy atom. The fourth-order valence-corrected chi connectivity index (χ4v) is 3.48. The van der Waals surface area contributed by atoms with Gasteiger partial charge in [0.15, 0.2) is 0 Å². The molecule has 1 aliphatic heterocycles. The summed E-state index contributed by atoms with van der Waals surface area (Å²) in [5.41, 5.74) is 1.16. The molecule has 1 fully saturated rings. The predicted molar refractivity (Wildman–Crippen MR) is 89.6 cm³/mol. The molecule has 8 heteroatoms. The van der Waals surface area contributed by atoms with E-state index < -0.39 is 0 Å². The summed E-state index contributed by atoms with van der Waals surface area (Å²) in [7, 11) is 0. The molecule has 1 aliphatic rings. The normalized spacial score (nSPS) is 19.0. The van der Waals surface area contributed by atoms with Crippen LogP contribution in [0.15, 0.2) is 34.4 Å². The van der Waals surface area contributed by atoms with Crippen LogP contribution in [-0.2, 0) is 17.8 Å². The molecular formula is C16H19N5O2S. The van der Waals surface area contributed by atoms with E-state index in [1.165, 1.54) is 0 Å². The average Bonchev–Trinajstić information content (AvgIpc) is 3.29. The van der Waals surface area contributed by atoms with Gasteiger partial charge in [0.25, 0.3) is 0 Å². The van der Waals surface area contributed by atoms with Crippen LogP contribution in [0.4, 0.5) is 0 Å². The minimum Gasteiger partial charge on any atom is -0.374 e. The van der Waals surface area contributed by atoms with Crippen molar-refractivity contribution in [3.05, 3.63) is 41.4 Å². The number of morpholine rings is 1. The van der Waals surface area contributed by atoms with E-state index in [1.54, 1.807) is 11.3 Å². The molecule has 0 spiro atoms. The molecule has 7 nitrogen and oxygen atoms in total. The first-order valence-corrected chi connectivity index (χ1v) is 8.84. The van der Waals surface area contributed by atoms with Gasteiger partial charge in [-0.25, -0.2) is 0 Å². The topological polar surface area (TPSA) is 69.2 Å². The molecule has 0 N–H and O–H groups in total. The molecule has 4 rings (SSSR count). The monoisotopic (exact) mass is 345 g/mol. The lowest BCUT2D eigenvalue weighted by Gasteiger charge is -2.31. The van der Waals surface area contributed by atoms with Gasteiger partial charge in [-0.3, -0.25) is 9.58 Å². The van der Waals surface area contributed by atoms with E-state index in [4.69, 9.17) is 9.26 Å². The van der Waals surface area contributed by atoms with Crippen LogP contribution in [0.3, 0.4) is 0 Å². The number of ether oxygens (including phenoxy) is 1. The molecule has 0 unspecified atom stereocenters. The average molecular weight is 345 g/mol. The van der Waals surface area contributed by atoms with E-state index in [1.807, 2.05) is 41.5 Å². The van der Waals surface area contributed by atoms with Crippen LogP contribution >= 0.6 is 11.3 Å². The van der Waals surface area contributed by atoms with Gasteiger partial charge in [0.1, 0.15) is 0 Å². The summed E-state index contributed by atoms with van der Waals surface area (Å²) in [6.45, 7) is 5.85. The molecule has 3 aromatic heterocycles. The first-order valence-electron chi connectivity index (χ1n) is 7.96. The third-order valence-corrected chi connectivity index (χ3v) is 4.81. The summed E-state index contributed by atoms with van der Waals surface area (Å²) < 4.78 is 13.2. The van der Waals surface area contributed by atoms with Crippen molar-refractivity contribution in [1.29, 1.82) is 0 Å². The number of nitrogens with zero attached hydrogens (tertiary/aromatic N) is 5. The molecule has 0 bridgehead atoms. The number of thiophene rings is 1. The van der Waals surface area contributed by atoms with E-state index in [9.17, 15) is 0 Å². The smallest absolute Gasteiger partial charge is 0.241 e. The highest BCUT2D eigenvalue weighted by Crippen LogP contribution is 2.22. The van der Waals surface area contributed by atoms with E-state index >= 15 is 0 Å². The first kappa shape index (κ1) is 15.5. The van der Waals surface area contributed by atoms with E-state index in [0.29, 0.717) is 24.9 Å². The van der Waals surface area contributed by atoms with Crippen molar-refractivity contribution < 1.29 is 9.26 Å². The highest BCUT2D eigenvalue weighted by atomic mass is 32.1. The lowest BCUT2D eigenvalue weighted by molar-refractivity contribution is -0.0426. The van der Waals surface area contributed by atoms with Gasteiger partial charge >= 0.3 is 0 Å². The maximum Gasteiger partial charge on any atom is 0.241 e. The van der Waals surface area contributed by atoms with Gasteiger partial charge in [-0.15, -0.1) is 11.3 Å². The van der Waals surface area contributed by atoms with Crippen molar-refractivity contribution >= 4 is 11.3 Å². The Labute approximate surface area is 143 Å². The van der Waals surface area contributed by atoms with Gasteiger partial charge in [0.05, 0.1) is 36.9 Å². The zero-order valence-corrected chi connectivity index (χ0v) is 14.3. The van der Waals surface area contributed by atoms with E-state index in [-0.39, 0.29) is 6.10 Å². The van der Waals surface area contributed by atoms with Gasteiger partial charge in [-0.2, -0.15) is 10.1 Å². The zero-order valence-electron chi connectivity index (χ0n) is 13.5.